The number of thioether (sulfide) groups is 1. The molecule has 0 radical (unpaired) electrons. The number of aromatic nitrogens is 6. The molecule has 12 heteroatoms. The molecule has 0 bridgehead atoms. The Morgan fingerprint density at radius 3 is 2.90 bits per heavy atom. The van der Waals surface area contributed by atoms with Gasteiger partial charge in [0.1, 0.15) is 24.1 Å². The Hall–Kier alpha value is -3.06. The highest BCUT2D eigenvalue weighted by Crippen LogP contribution is 2.34. The number of rotatable bonds is 4. The van der Waals surface area contributed by atoms with Gasteiger partial charge < -0.3 is 25.7 Å². The van der Waals surface area contributed by atoms with Crippen molar-refractivity contribution < 1.29 is 14.9 Å². The molecule has 0 aliphatic carbocycles. The second-order valence-corrected chi connectivity index (χ2v) is 7.84. The fourth-order valence-electron chi connectivity index (χ4n) is 3.45. The van der Waals surface area contributed by atoms with Crippen molar-refractivity contribution in [1.29, 1.82) is 0 Å². The van der Waals surface area contributed by atoms with Gasteiger partial charge >= 0.3 is 0 Å². The number of anilines is 1. The topological polar surface area (TPSA) is 165 Å². The first-order valence-electron chi connectivity index (χ1n) is 9.09. The summed E-state index contributed by atoms with van der Waals surface area (Å²) in [6.45, 7) is 0. The number of fused-ring (bicyclic) bond motifs is 2. The number of nitrogen functional groups attached to an aromatic ring is 1. The maximum absolute atomic E-state index is 12.2. The molecule has 11 nitrogen and oxygen atoms in total. The first-order chi connectivity index (χ1) is 14.5. The number of benzene rings is 1. The lowest BCUT2D eigenvalue weighted by Crippen LogP contribution is -2.32. The Morgan fingerprint density at radius 1 is 1.20 bits per heavy atom. The van der Waals surface area contributed by atoms with Crippen molar-refractivity contribution in [2.24, 2.45) is 0 Å². The van der Waals surface area contributed by atoms with Gasteiger partial charge in [0.05, 0.1) is 23.3 Å². The zero-order valence-corrected chi connectivity index (χ0v) is 16.2. The number of imidazole rings is 1. The van der Waals surface area contributed by atoms with Gasteiger partial charge in [0, 0.05) is 5.75 Å². The van der Waals surface area contributed by atoms with E-state index in [0.717, 1.165) is 0 Å². The number of hydrogen-bond donors (Lipinski definition) is 4. The Kier molecular flexibility index (Phi) is 4.62. The molecule has 1 saturated heterocycles. The van der Waals surface area contributed by atoms with Crippen LogP contribution in [-0.2, 0) is 4.74 Å². The van der Waals surface area contributed by atoms with Crippen molar-refractivity contribution in [2.45, 2.75) is 29.7 Å². The largest absolute Gasteiger partial charge is 0.387 e. The SMILES string of the molecule is Nc1ncnc2c1ncn2C1OC(CSc2nc3ccccc3c(=O)[nH]2)[C@@H](O)[C@H]1O. The number of aliphatic hydroxyl groups excluding tert-OH is 2. The monoisotopic (exact) mass is 427 g/mol. The summed E-state index contributed by atoms with van der Waals surface area (Å²) in [5.74, 6) is 0.477. The Morgan fingerprint density at radius 2 is 2.03 bits per heavy atom. The number of nitrogens with zero attached hydrogens (tertiary/aromatic N) is 5. The van der Waals surface area contributed by atoms with Crippen LogP contribution in [0.4, 0.5) is 5.82 Å². The minimum absolute atomic E-state index is 0.213. The molecule has 0 spiro atoms. The predicted octanol–water partition coefficient (Wildman–Crippen LogP) is 0.0565. The van der Waals surface area contributed by atoms with Crippen LogP contribution in [0.15, 0.2) is 46.9 Å². The number of para-hydroxylation sites is 1. The second kappa shape index (κ2) is 7.32. The van der Waals surface area contributed by atoms with Crippen molar-refractivity contribution in [2.75, 3.05) is 11.5 Å². The van der Waals surface area contributed by atoms with Crippen LogP contribution in [0.3, 0.4) is 0 Å². The maximum Gasteiger partial charge on any atom is 0.259 e. The molecule has 2 unspecified atom stereocenters. The summed E-state index contributed by atoms with van der Waals surface area (Å²) in [6.07, 6.45) is -1.22. The van der Waals surface area contributed by atoms with E-state index in [4.69, 9.17) is 10.5 Å². The fraction of sp³-hybridized carbons (Fsp3) is 0.278. The summed E-state index contributed by atoms with van der Waals surface area (Å²) in [6, 6.07) is 7.04. The number of hydrogen-bond acceptors (Lipinski definition) is 10. The Balaban J connectivity index is 1.36. The summed E-state index contributed by atoms with van der Waals surface area (Å²) in [5.41, 5.74) is 6.93. The maximum atomic E-state index is 12.2. The van der Waals surface area contributed by atoms with Gasteiger partial charge in [-0.05, 0) is 12.1 Å². The van der Waals surface area contributed by atoms with Gasteiger partial charge in [0.2, 0.25) is 0 Å². The lowest BCUT2D eigenvalue weighted by molar-refractivity contribution is -0.0289. The summed E-state index contributed by atoms with van der Waals surface area (Å²) in [5, 5.41) is 21.9. The molecule has 1 aliphatic rings. The number of nitrogens with two attached hydrogens (primary N) is 1. The number of aromatic amines is 1. The smallest absolute Gasteiger partial charge is 0.259 e. The zero-order valence-electron chi connectivity index (χ0n) is 15.4. The molecule has 4 atom stereocenters. The van der Waals surface area contributed by atoms with Crippen molar-refractivity contribution in [3.63, 3.8) is 0 Å². The molecular formula is C18H17N7O4S. The van der Waals surface area contributed by atoms with Crippen LogP contribution in [0.25, 0.3) is 22.1 Å². The van der Waals surface area contributed by atoms with E-state index in [9.17, 15) is 15.0 Å². The first-order valence-corrected chi connectivity index (χ1v) is 10.1. The van der Waals surface area contributed by atoms with Gasteiger partial charge in [-0.2, -0.15) is 0 Å². The molecule has 1 aliphatic heterocycles. The van der Waals surface area contributed by atoms with E-state index in [1.54, 1.807) is 24.3 Å². The van der Waals surface area contributed by atoms with E-state index in [-0.39, 0.29) is 17.1 Å². The molecule has 1 aromatic carbocycles. The molecule has 5 rings (SSSR count). The molecular weight excluding hydrogens is 410 g/mol. The molecule has 0 saturated carbocycles. The molecule has 3 aromatic heterocycles. The lowest BCUT2D eigenvalue weighted by Gasteiger charge is -2.16. The van der Waals surface area contributed by atoms with E-state index in [2.05, 4.69) is 24.9 Å². The van der Waals surface area contributed by atoms with Crippen LogP contribution in [0.5, 0.6) is 0 Å². The molecule has 4 aromatic rings. The van der Waals surface area contributed by atoms with Crippen molar-refractivity contribution >= 4 is 39.6 Å². The normalized spacial score (nSPS) is 24.1. The third-order valence-electron chi connectivity index (χ3n) is 4.97. The highest BCUT2D eigenvalue weighted by atomic mass is 32.2. The van der Waals surface area contributed by atoms with E-state index in [1.807, 2.05) is 0 Å². The third kappa shape index (κ3) is 3.10. The Bertz CT molecular complexity index is 1290. The van der Waals surface area contributed by atoms with E-state index in [0.29, 0.717) is 27.2 Å². The Labute approximate surface area is 173 Å². The molecule has 154 valence electrons. The molecule has 5 N–H and O–H groups in total. The van der Waals surface area contributed by atoms with Crippen LogP contribution >= 0.6 is 11.8 Å². The van der Waals surface area contributed by atoms with Gasteiger partial charge in [0.25, 0.3) is 5.56 Å². The quantitative estimate of drug-likeness (QED) is 0.258. The lowest BCUT2D eigenvalue weighted by atomic mass is 10.1. The number of ether oxygens (including phenoxy) is 1. The van der Waals surface area contributed by atoms with Gasteiger partial charge in [0.15, 0.2) is 22.8 Å². The zero-order chi connectivity index (χ0) is 20.8. The van der Waals surface area contributed by atoms with E-state index < -0.39 is 24.5 Å². The molecule has 30 heavy (non-hydrogen) atoms. The highest BCUT2D eigenvalue weighted by Gasteiger charge is 2.44. The van der Waals surface area contributed by atoms with Gasteiger partial charge in [-0.15, -0.1) is 0 Å². The van der Waals surface area contributed by atoms with Crippen molar-refractivity contribution in [3.8, 4) is 0 Å². The van der Waals surface area contributed by atoms with Crippen LogP contribution in [-0.4, -0.2) is 63.8 Å². The molecule has 0 amide bonds. The predicted molar refractivity (Wildman–Crippen MR) is 109 cm³/mol. The van der Waals surface area contributed by atoms with Crippen molar-refractivity contribution in [3.05, 3.63) is 47.3 Å². The van der Waals surface area contributed by atoms with Crippen molar-refractivity contribution in [1.82, 2.24) is 29.5 Å². The van der Waals surface area contributed by atoms with Gasteiger partial charge in [-0.3, -0.25) is 9.36 Å². The van der Waals surface area contributed by atoms with Crippen LogP contribution in [0.1, 0.15) is 6.23 Å². The third-order valence-corrected chi connectivity index (χ3v) is 5.94. The van der Waals surface area contributed by atoms with E-state index >= 15 is 0 Å². The second-order valence-electron chi connectivity index (χ2n) is 6.83. The molecule has 4 heterocycles. The summed E-state index contributed by atoms with van der Waals surface area (Å²) >= 11 is 1.22. The fourth-order valence-corrected chi connectivity index (χ4v) is 4.37. The number of aliphatic hydroxyl groups is 2. The minimum atomic E-state index is -1.20. The standard InChI is InChI=1S/C18H17N7O4S/c19-14-11-15(21-6-20-14)25(7-22-11)17-13(27)12(26)10(29-17)5-30-18-23-9-4-2-1-3-8(9)16(28)24-18/h1-4,6-7,10,12-13,17,26-27H,5H2,(H2,19,20,21)(H,23,24,28)/t10?,12-,13-,17?/m1/s1. The van der Waals surface area contributed by atoms with Gasteiger partial charge in [-0.1, -0.05) is 23.9 Å². The minimum Gasteiger partial charge on any atom is -0.387 e. The average Bonchev–Trinajstić information content (AvgIpc) is 3.29. The summed E-state index contributed by atoms with van der Waals surface area (Å²) in [7, 11) is 0. The first kappa shape index (κ1) is 18.9. The van der Waals surface area contributed by atoms with Gasteiger partial charge in [-0.25, -0.2) is 19.9 Å². The van der Waals surface area contributed by atoms with Crippen LogP contribution in [0, 0.1) is 0 Å². The van der Waals surface area contributed by atoms with Crippen LogP contribution in [0.2, 0.25) is 0 Å². The number of H-pyrrole nitrogens is 1. The highest BCUT2D eigenvalue weighted by molar-refractivity contribution is 7.99. The molecule has 1 fully saturated rings. The van der Waals surface area contributed by atoms with Crippen LogP contribution < -0.4 is 11.3 Å². The summed E-state index contributed by atoms with van der Waals surface area (Å²) in [4.78, 5) is 31.5. The number of nitrogens with one attached hydrogen (secondary N) is 1. The average molecular weight is 427 g/mol. The van der Waals surface area contributed by atoms with E-state index in [1.165, 1.54) is 29.0 Å². The summed E-state index contributed by atoms with van der Waals surface area (Å²) < 4.78 is 7.41.